The minimum absolute atomic E-state index is 0.113. The first-order valence-electron chi connectivity index (χ1n) is 9.17. The Hall–Kier alpha value is -3.10. The van der Waals surface area contributed by atoms with E-state index < -0.39 is 0 Å². The Labute approximate surface area is 164 Å². The Kier molecular flexibility index (Phi) is 7.36. The minimum atomic E-state index is -0.380. The van der Waals surface area contributed by atoms with Crippen LogP contribution in [0.5, 0.6) is 0 Å². The molecule has 0 spiro atoms. The number of rotatable bonds is 5. The van der Waals surface area contributed by atoms with Crippen LogP contribution in [0.2, 0.25) is 0 Å². The van der Waals surface area contributed by atoms with Crippen molar-refractivity contribution in [3.05, 3.63) is 24.3 Å². The van der Waals surface area contributed by atoms with Gasteiger partial charge in [0.1, 0.15) is 6.54 Å². The van der Waals surface area contributed by atoms with Crippen LogP contribution in [0, 0.1) is 0 Å². The van der Waals surface area contributed by atoms with Crippen molar-refractivity contribution < 1.29 is 23.9 Å². The topological polar surface area (TPSA) is 99.3 Å². The molecule has 1 aliphatic rings. The minimum Gasteiger partial charge on any atom is -0.450 e. The maximum Gasteiger partial charge on any atom is 0.409 e. The highest BCUT2D eigenvalue weighted by Crippen LogP contribution is 2.20. The van der Waals surface area contributed by atoms with E-state index in [1.165, 1.54) is 18.7 Å². The van der Waals surface area contributed by atoms with Crippen LogP contribution in [-0.2, 0) is 19.1 Å². The van der Waals surface area contributed by atoms with E-state index in [0.29, 0.717) is 44.2 Å². The molecule has 0 unspecified atom stereocenters. The molecular formula is C19H26N4O5. The predicted octanol–water partition coefficient (Wildman–Crippen LogP) is 1.30. The van der Waals surface area contributed by atoms with E-state index in [1.54, 1.807) is 41.0 Å². The first-order chi connectivity index (χ1) is 13.3. The Balaban J connectivity index is 2.01. The van der Waals surface area contributed by atoms with E-state index in [-0.39, 0.29) is 30.4 Å². The van der Waals surface area contributed by atoms with E-state index in [4.69, 9.17) is 4.74 Å². The summed E-state index contributed by atoms with van der Waals surface area (Å²) in [5.41, 5.74) is 1.07. The standard InChI is InChI=1S/C19H26N4O5/c1-4-28-19(27)22-10-8-21(9-11-22)18(26)13-23(15(3)25)17-7-5-6-16(12-17)20-14(2)24/h5-7,12H,4,8-11,13H2,1-3H3,(H,20,24). The molecule has 0 saturated carbocycles. The van der Waals surface area contributed by atoms with Crippen LogP contribution >= 0.6 is 0 Å². The van der Waals surface area contributed by atoms with Crippen molar-refractivity contribution in [1.82, 2.24) is 9.80 Å². The third-order valence-electron chi connectivity index (χ3n) is 4.31. The number of nitrogens with zero attached hydrogens (tertiary/aromatic N) is 3. The molecule has 1 saturated heterocycles. The zero-order chi connectivity index (χ0) is 20.7. The molecule has 1 heterocycles. The van der Waals surface area contributed by atoms with Gasteiger partial charge in [0.05, 0.1) is 6.61 Å². The van der Waals surface area contributed by atoms with Crippen LogP contribution < -0.4 is 10.2 Å². The molecule has 152 valence electrons. The molecule has 2 rings (SSSR count). The smallest absolute Gasteiger partial charge is 0.409 e. The molecule has 0 bridgehead atoms. The molecule has 1 aromatic rings. The number of carbonyl (C=O) groups is 4. The van der Waals surface area contributed by atoms with Crippen molar-refractivity contribution in [1.29, 1.82) is 0 Å². The highest BCUT2D eigenvalue weighted by atomic mass is 16.6. The van der Waals surface area contributed by atoms with Gasteiger partial charge < -0.3 is 24.8 Å². The van der Waals surface area contributed by atoms with Crippen molar-refractivity contribution in [3.8, 4) is 0 Å². The third-order valence-corrected chi connectivity index (χ3v) is 4.31. The first-order valence-corrected chi connectivity index (χ1v) is 9.17. The molecule has 1 fully saturated rings. The zero-order valence-corrected chi connectivity index (χ0v) is 16.4. The maximum atomic E-state index is 12.7. The van der Waals surface area contributed by atoms with Crippen LogP contribution in [0.25, 0.3) is 0 Å². The predicted molar refractivity (Wildman–Crippen MR) is 104 cm³/mol. The lowest BCUT2D eigenvalue weighted by Crippen LogP contribution is -2.53. The fraction of sp³-hybridized carbons (Fsp3) is 0.474. The summed E-state index contributed by atoms with van der Waals surface area (Å²) in [4.78, 5) is 52.3. The SMILES string of the molecule is CCOC(=O)N1CCN(C(=O)CN(C(C)=O)c2cccc(NC(C)=O)c2)CC1. The van der Waals surface area contributed by atoms with Gasteiger partial charge in [0.25, 0.3) is 0 Å². The van der Waals surface area contributed by atoms with E-state index in [9.17, 15) is 19.2 Å². The average Bonchev–Trinajstić information content (AvgIpc) is 2.65. The van der Waals surface area contributed by atoms with Crippen LogP contribution in [-0.4, -0.2) is 72.9 Å². The Morgan fingerprint density at radius 2 is 1.71 bits per heavy atom. The second-order valence-corrected chi connectivity index (χ2v) is 6.40. The summed E-state index contributed by atoms with van der Waals surface area (Å²) in [5.74, 6) is -0.704. The van der Waals surface area contributed by atoms with Gasteiger partial charge in [-0.3, -0.25) is 14.4 Å². The highest BCUT2D eigenvalue weighted by molar-refractivity contribution is 5.98. The maximum absolute atomic E-state index is 12.7. The molecule has 0 aliphatic carbocycles. The third kappa shape index (κ3) is 5.70. The van der Waals surface area contributed by atoms with Crippen LogP contribution in [0.4, 0.5) is 16.2 Å². The van der Waals surface area contributed by atoms with E-state index in [2.05, 4.69) is 5.32 Å². The molecule has 4 amide bonds. The summed E-state index contributed by atoms with van der Waals surface area (Å²) in [6, 6.07) is 6.77. The lowest BCUT2D eigenvalue weighted by atomic mass is 10.2. The van der Waals surface area contributed by atoms with Gasteiger partial charge in [0.2, 0.25) is 17.7 Å². The largest absolute Gasteiger partial charge is 0.450 e. The second kappa shape index (κ2) is 9.72. The van der Waals surface area contributed by atoms with Gasteiger partial charge in [-0.25, -0.2) is 4.79 Å². The lowest BCUT2D eigenvalue weighted by molar-refractivity contribution is -0.132. The number of hydrogen-bond donors (Lipinski definition) is 1. The van der Waals surface area contributed by atoms with Gasteiger partial charge in [-0.2, -0.15) is 0 Å². The fourth-order valence-electron chi connectivity index (χ4n) is 2.93. The van der Waals surface area contributed by atoms with Gasteiger partial charge in [-0.15, -0.1) is 0 Å². The second-order valence-electron chi connectivity index (χ2n) is 6.40. The van der Waals surface area contributed by atoms with Crippen LogP contribution in [0.15, 0.2) is 24.3 Å². The van der Waals surface area contributed by atoms with Crippen molar-refractivity contribution in [2.24, 2.45) is 0 Å². The number of benzene rings is 1. The summed E-state index contributed by atoms with van der Waals surface area (Å²) >= 11 is 0. The normalized spacial score (nSPS) is 13.7. The number of nitrogens with one attached hydrogen (secondary N) is 1. The molecule has 0 aromatic heterocycles. The Morgan fingerprint density at radius 1 is 1.07 bits per heavy atom. The number of ether oxygens (including phenoxy) is 1. The van der Waals surface area contributed by atoms with Gasteiger partial charge >= 0.3 is 6.09 Å². The fourth-order valence-corrected chi connectivity index (χ4v) is 2.93. The summed E-state index contributed by atoms with van der Waals surface area (Å²) in [6.45, 7) is 6.28. The quantitative estimate of drug-likeness (QED) is 0.817. The molecule has 0 radical (unpaired) electrons. The van der Waals surface area contributed by atoms with Crippen molar-refractivity contribution in [2.45, 2.75) is 20.8 Å². The van der Waals surface area contributed by atoms with E-state index in [1.807, 2.05) is 0 Å². The van der Waals surface area contributed by atoms with E-state index in [0.717, 1.165) is 0 Å². The van der Waals surface area contributed by atoms with Crippen molar-refractivity contribution >= 4 is 35.2 Å². The van der Waals surface area contributed by atoms with Crippen LogP contribution in [0.3, 0.4) is 0 Å². The van der Waals surface area contributed by atoms with Gasteiger partial charge in [-0.1, -0.05) is 6.07 Å². The number of hydrogen-bond acceptors (Lipinski definition) is 5. The molecule has 1 aliphatic heterocycles. The summed E-state index contributed by atoms with van der Waals surface area (Å²) in [6.07, 6.45) is -0.380. The summed E-state index contributed by atoms with van der Waals surface area (Å²) in [7, 11) is 0. The summed E-state index contributed by atoms with van der Waals surface area (Å²) < 4.78 is 4.97. The Bertz CT molecular complexity index is 744. The van der Waals surface area contributed by atoms with Gasteiger partial charge in [-0.05, 0) is 25.1 Å². The molecule has 9 nitrogen and oxygen atoms in total. The zero-order valence-electron chi connectivity index (χ0n) is 16.4. The van der Waals surface area contributed by atoms with Crippen LogP contribution in [0.1, 0.15) is 20.8 Å². The monoisotopic (exact) mass is 390 g/mol. The molecule has 28 heavy (non-hydrogen) atoms. The number of amides is 4. The Morgan fingerprint density at radius 3 is 2.29 bits per heavy atom. The molecule has 1 N–H and O–H groups in total. The van der Waals surface area contributed by atoms with Gasteiger partial charge in [0.15, 0.2) is 0 Å². The molecule has 0 atom stereocenters. The summed E-state index contributed by atoms with van der Waals surface area (Å²) in [5, 5.41) is 2.66. The first kappa shape index (κ1) is 21.2. The number of piperazine rings is 1. The number of carbonyl (C=O) groups excluding carboxylic acids is 4. The van der Waals surface area contributed by atoms with Crippen molar-refractivity contribution in [3.63, 3.8) is 0 Å². The van der Waals surface area contributed by atoms with Crippen molar-refractivity contribution in [2.75, 3.05) is 49.5 Å². The highest BCUT2D eigenvalue weighted by Gasteiger charge is 2.26. The van der Waals surface area contributed by atoms with E-state index >= 15 is 0 Å². The lowest BCUT2D eigenvalue weighted by Gasteiger charge is -2.35. The number of anilines is 2. The molecular weight excluding hydrogens is 364 g/mol. The average molecular weight is 390 g/mol. The molecule has 1 aromatic carbocycles. The van der Waals surface area contributed by atoms with Gasteiger partial charge in [0, 0.05) is 51.4 Å². The molecule has 9 heteroatoms.